The van der Waals surface area contributed by atoms with Gasteiger partial charge in [-0.05, 0) is 24.8 Å². The maximum Gasteiger partial charge on any atom is 0.325 e. The average Bonchev–Trinajstić information content (AvgIpc) is 2.44. The van der Waals surface area contributed by atoms with Crippen molar-refractivity contribution < 1.29 is 14.3 Å². The Morgan fingerprint density at radius 3 is 2.45 bits per heavy atom. The van der Waals surface area contributed by atoms with E-state index in [0.29, 0.717) is 19.4 Å². The van der Waals surface area contributed by atoms with Crippen LogP contribution >= 0.6 is 0 Å². The lowest BCUT2D eigenvalue weighted by Gasteiger charge is -2.40. The molecule has 5 nitrogen and oxygen atoms in total. The minimum Gasteiger partial charge on any atom is -0.468 e. The third kappa shape index (κ3) is 3.17. The minimum atomic E-state index is -0.803. The summed E-state index contributed by atoms with van der Waals surface area (Å²) in [6, 6.07) is 9.55. The number of nitrogens with two attached hydrogens (primary N) is 1. The quantitative estimate of drug-likeness (QED) is 0.816. The van der Waals surface area contributed by atoms with Gasteiger partial charge >= 0.3 is 5.97 Å². The fraction of sp³-hybridized carbons (Fsp3) is 0.467. The molecule has 0 spiro atoms. The molecular formula is C15H20N2O3. The van der Waals surface area contributed by atoms with Crippen LogP contribution in [0.1, 0.15) is 24.8 Å². The number of methoxy groups -OCH3 is 1. The molecule has 0 unspecified atom stereocenters. The van der Waals surface area contributed by atoms with E-state index in [0.717, 1.165) is 12.0 Å². The fourth-order valence-electron chi connectivity index (χ4n) is 2.31. The van der Waals surface area contributed by atoms with Crippen molar-refractivity contribution in [2.45, 2.75) is 31.3 Å². The van der Waals surface area contributed by atoms with Crippen LogP contribution in [0.5, 0.6) is 0 Å². The van der Waals surface area contributed by atoms with E-state index < -0.39 is 11.5 Å². The van der Waals surface area contributed by atoms with Crippen LogP contribution in [-0.2, 0) is 20.9 Å². The van der Waals surface area contributed by atoms with Crippen LogP contribution in [0.3, 0.4) is 0 Å². The highest BCUT2D eigenvalue weighted by Crippen LogP contribution is 2.31. The summed E-state index contributed by atoms with van der Waals surface area (Å²) < 4.78 is 4.66. The second kappa shape index (κ2) is 6.05. The molecule has 0 aromatic heterocycles. The lowest BCUT2D eigenvalue weighted by molar-refractivity contribution is -0.151. The van der Waals surface area contributed by atoms with Gasteiger partial charge in [-0.2, -0.15) is 0 Å². The second-order valence-corrected chi connectivity index (χ2v) is 5.23. The van der Waals surface area contributed by atoms with Gasteiger partial charge in [0, 0.05) is 6.54 Å². The third-order valence-corrected chi connectivity index (χ3v) is 3.72. The van der Waals surface area contributed by atoms with Crippen LogP contribution in [0.25, 0.3) is 0 Å². The number of carbonyl (C=O) groups is 2. The van der Waals surface area contributed by atoms with Crippen LogP contribution in [0.4, 0.5) is 0 Å². The van der Waals surface area contributed by atoms with E-state index in [1.807, 2.05) is 30.3 Å². The van der Waals surface area contributed by atoms with E-state index in [1.54, 1.807) is 0 Å². The van der Waals surface area contributed by atoms with Gasteiger partial charge in [-0.15, -0.1) is 0 Å². The van der Waals surface area contributed by atoms with Gasteiger partial charge in [0.2, 0.25) is 5.91 Å². The highest BCUT2D eigenvalue weighted by atomic mass is 16.5. The molecule has 1 aromatic carbocycles. The van der Waals surface area contributed by atoms with E-state index in [1.165, 1.54) is 12.0 Å². The van der Waals surface area contributed by atoms with Gasteiger partial charge in [0.1, 0.15) is 6.54 Å². The summed E-state index contributed by atoms with van der Waals surface area (Å²) in [7, 11) is 1.31. The summed E-state index contributed by atoms with van der Waals surface area (Å²) in [6.07, 6.45) is 2.32. The Morgan fingerprint density at radius 1 is 1.30 bits per heavy atom. The van der Waals surface area contributed by atoms with E-state index in [9.17, 15) is 9.59 Å². The molecule has 1 aliphatic rings. The Bertz CT molecular complexity index is 483. The molecule has 1 amide bonds. The Kier molecular flexibility index (Phi) is 4.39. The first-order valence-electron chi connectivity index (χ1n) is 6.74. The molecule has 20 heavy (non-hydrogen) atoms. The van der Waals surface area contributed by atoms with Crippen molar-refractivity contribution in [1.29, 1.82) is 0 Å². The van der Waals surface area contributed by atoms with Gasteiger partial charge in [0.15, 0.2) is 0 Å². The Labute approximate surface area is 118 Å². The molecule has 1 aliphatic carbocycles. The number of ether oxygens (including phenoxy) is 1. The monoisotopic (exact) mass is 276 g/mol. The number of rotatable bonds is 5. The minimum absolute atomic E-state index is 0.0663. The predicted octanol–water partition coefficient (Wildman–Crippen LogP) is 1.07. The standard InChI is InChI=1S/C15H20N2O3/c1-20-13(18)11-17(10-12-6-3-2-4-7-12)14(19)15(16)8-5-9-15/h2-4,6-7H,5,8-11,16H2,1H3. The van der Waals surface area contributed by atoms with Crippen molar-refractivity contribution in [3.05, 3.63) is 35.9 Å². The highest BCUT2D eigenvalue weighted by molar-refractivity contribution is 5.89. The number of benzene rings is 1. The molecule has 0 heterocycles. The normalized spacial score (nSPS) is 16.1. The van der Waals surface area contributed by atoms with Gasteiger partial charge < -0.3 is 15.4 Å². The first-order chi connectivity index (χ1) is 9.55. The van der Waals surface area contributed by atoms with Gasteiger partial charge in [0.05, 0.1) is 12.6 Å². The predicted molar refractivity (Wildman–Crippen MR) is 74.6 cm³/mol. The number of esters is 1. The number of carbonyl (C=O) groups excluding carboxylic acids is 2. The van der Waals surface area contributed by atoms with Gasteiger partial charge in [-0.1, -0.05) is 30.3 Å². The molecule has 5 heteroatoms. The lowest BCUT2D eigenvalue weighted by Crippen LogP contribution is -2.60. The molecular weight excluding hydrogens is 256 g/mol. The maximum absolute atomic E-state index is 12.5. The summed E-state index contributed by atoms with van der Waals surface area (Å²) in [6.45, 7) is 0.302. The van der Waals surface area contributed by atoms with Gasteiger partial charge in [-0.3, -0.25) is 9.59 Å². The third-order valence-electron chi connectivity index (χ3n) is 3.72. The summed E-state index contributed by atoms with van der Waals surface area (Å²) in [5.41, 5.74) is 6.24. The van der Waals surface area contributed by atoms with Crippen molar-refractivity contribution in [3.8, 4) is 0 Å². The molecule has 1 aromatic rings. The van der Waals surface area contributed by atoms with E-state index in [2.05, 4.69) is 4.74 Å². The number of nitrogens with zero attached hydrogens (tertiary/aromatic N) is 1. The summed E-state index contributed by atoms with van der Waals surface area (Å²) >= 11 is 0. The fourth-order valence-corrected chi connectivity index (χ4v) is 2.31. The highest BCUT2D eigenvalue weighted by Gasteiger charge is 2.43. The van der Waals surface area contributed by atoms with E-state index >= 15 is 0 Å². The topological polar surface area (TPSA) is 72.6 Å². The number of hydrogen-bond donors (Lipinski definition) is 1. The first-order valence-corrected chi connectivity index (χ1v) is 6.74. The molecule has 1 saturated carbocycles. The zero-order valence-corrected chi connectivity index (χ0v) is 11.7. The summed E-state index contributed by atoms with van der Waals surface area (Å²) in [5.74, 6) is -0.602. The SMILES string of the molecule is COC(=O)CN(Cc1ccccc1)C(=O)C1(N)CCC1. The van der Waals surface area contributed by atoms with Gasteiger partial charge in [0.25, 0.3) is 0 Å². The molecule has 0 radical (unpaired) electrons. The van der Waals surface area contributed by atoms with Crippen molar-refractivity contribution in [2.75, 3.05) is 13.7 Å². The molecule has 0 atom stereocenters. The van der Waals surface area contributed by atoms with Gasteiger partial charge in [-0.25, -0.2) is 0 Å². The molecule has 2 N–H and O–H groups in total. The van der Waals surface area contributed by atoms with E-state index in [4.69, 9.17) is 5.73 Å². The van der Waals surface area contributed by atoms with Crippen molar-refractivity contribution in [3.63, 3.8) is 0 Å². The average molecular weight is 276 g/mol. The van der Waals surface area contributed by atoms with Crippen LogP contribution < -0.4 is 5.73 Å². The van der Waals surface area contributed by atoms with Crippen LogP contribution in [0.2, 0.25) is 0 Å². The zero-order chi connectivity index (χ0) is 14.6. The summed E-state index contributed by atoms with van der Waals surface area (Å²) in [4.78, 5) is 25.5. The molecule has 0 saturated heterocycles. The van der Waals surface area contributed by atoms with Crippen LogP contribution in [0, 0.1) is 0 Å². The largest absolute Gasteiger partial charge is 0.468 e. The Hall–Kier alpha value is -1.88. The second-order valence-electron chi connectivity index (χ2n) is 5.23. The van der Waals surface area contributed by atoms with Crippen LogP contribution in [-0.4, -0.2) is 36.0 Å². The Balaban J connectivity index is 2.12. The lowest BCUT2D eigenvalue weighted by atomic mass is 9.76. The molecule has 0 aliphatic heterocycles. The smallest absolute Gasteiger partial charge is 0.325 e. The zero-order valence-electron chi connectivity index (χ0n) is 11.7. The number of amides is 1. The molecule has 2 rings (SSSR count). The first kappa shape index (κ1) is 14.5. The molecule has 108 valence electrons. The summed E-state index contributed by atoms with van der Waals surface area (Å²) in [5, 5.41) is 0. The number of hydrogen-bond acceptors (Lipinski definition) is 4. The molecule has 0 bridgehead atoms. The van der Waals surface area contributed by atoms with Crippen molar-refractivity contribution >= 4 is 11.9 Å². The molecule has 1 fully saturated rings. The van der Waals surface area contributed by atoms with E-state index in [-0.39, 0.29) is 12.5 Å². The maximum atomic E-state index is 12.5. The Morgan fingerprint density at radius 2 is 1.95 bits per heavy atom. The van der Waals surface area contributed by atoms with Crippen molar-refractivity contribution in [1.82, 2.24) is 4.90 Å². The van der Waals surface area contributed by atoms with Crippen molar-refractivity contribution in [2.24, 2.45) is 5.73 Å². The van der Waals surface area contributed by atoms with Crippen LogP contribution in [0.15, 0.2) is 30.3 Å².